The van der Waals surface area contributed by atoms with E-state index in [2.05, 4.69) is 0 Å². The van der Waals surface area contributed by atoms with Crippen molar-refractivity contribution in [1.29, 1.82) is 0 Å². The summed E-state index contributed by atoms with van der Waals surface area (Å²) in [4.78, 5) is 11.0. The van der Waals surface area contributed by atoms with Gasteiger partial charge in [0.1, 0.15) is 0 Å². The maximum Gasteiger partial charge on any atom is 0.416 e. The molecule has 0 unspecified atom stereocenters. The van der Waals surface area contributed by atoms with Crippen molar-refractivity contribution >= 4 is 16.7 Å². The molecule has 0 atom stereocenters. The molecule has 0 bridgehead atoms. The van der Waals surface area contributed by atoms with E-state index in [1.807, 2.05) is 0 Å². The minimum Gasteiger partial charge on any atom is -0.478 e. The van der Waals surface area contributed by atoms with Gasteiger partial charge in [-0.05, 0) is 47.9 Å². The minimum absolute atomic E-state index is 0.0180. The standard InChI is InChI=1S/C14H11F3O2/c1-7-5-9-3-4-10(13(18)19)8(2)11(9)6-12(7)14(15,16)17/h3-6H,1-2H3,(H,18,19). The number of hydrogen-bond donors (Lipinski definition) is 1. The third-order valence-corrected chi connectivity index (χ3v) is 3.17. The van der Waals surface area contributed by atoms with Crippen molar-refractivity contribution in [3.63, 3.8) is 0 Å². The average molecular weight is 268 g/mol. The lowest BCUT2D eigenvalue weighted by atomic mass is 9.95. The Balaban J connectivity index is 2.82. The van der Waals surface area contributed by atoms with Crippen molar-refractivity contribution in [3.05, 3.63) is 46.5 Å². The lowest BCUT2D eigenvalue weighted by Crippen LogP contribution is -2.08. The van der Waals surface area contributed by atoms with Crippen molar-refractivity contribution < 1.29 is 23.1 Å². The summed E-state index contributed by atoms with van der Waals surface area (Å²) in [6.07, 6.45) is -4.44. The van der Waals surface area contributed by atoms with Crippen molar-refractivity contribution in [1.82, 2.24) is 0 Å². The summed E-state index contributed by atoms with van der Waals surface area (Å²) in [6.45, 7) is 2.91. The molecule has 2 aromatic rings. The van der Waals surface area contributed by atoms with E-state index in [1.165, 1.54) is 32.0 Å². The molecule has 0 spiro atoms. The number of carbonyl (C=O) groups is 1. The van der Waals surface area contributed by atoms with E-state index >= 15 is 0 Å². The van der Waals surface area contributed by atoms with Gasteiger partial charge < -0.3 is 5.11 Å². The first kappa shape index (κ1) is 13.4. The number of rotatable bonds is 1. The third-order valence-electron chi connectivity index (χ3n) is 3.17. The summed E-state index contributed by atoms with van der Waals surface area (Å²) >= 11 is 0. The number of benzene rings is 2. The van der Waals surface area contributed by atoms with Gasteiger partial charge in [-0.25, -0.2) is 4.79 Å². The number of hydrogen-bond acceptors (Lipinski definition) is 1. The quantitative estimate of drug-likeness (QED) is 0.842. The number of alkyl halides is 3. The van der Waals surface area contributed by atoms with Gasteiger partial charge in [0.15, 0.2) is 0 Å². The zero-order valence-electron chi connectivity index (χ0n) is 10.3. The molecular formula is C14H11F3O2. The Morgan fingerprint density at radius 1 is 1.16 bits per heavy atom. The second-order valence-corrected chi connectivity index (χ2v) is 4.43. The maximum absolute atomic E-state index is 12.9. The van der Waals surface area contributed by atoms with Crippen molar-refractivity contribution in [2.45, 2.75) is 20.0 Å². The molecule has 0 radical (unpaired) electrons. The third kappa shape index (κ3) is 2.28. The number of halogens is 3. The summed E-state index contributed by atoms with van der Waals surface area (Å²) in [5.74, 6) is -1.14. The van der Waals surface area contributed by atoms with Crippen LogP contribution in [-0.4, -0.2) is 11.1 Å². The van der Waals surface area contributed by atoms with E-state index < -0.39 is 17.7 Å². The Labute approximate surface area is 107 Å². The smallest absolute Gasteiger partial charge is 0.416 e. The summed E-state index contributed by atoms with van der Waals surface area (Å²) in [5, 5.41) is 9.91. The fourth-order valence-electron chi connectivity index (χ4n) is 2.17. The molecule has 0 amide bonds. The second kappa shape index (κ2) is 4.26. The van der Waals surface area contributed by atoms with Gasteiger partial charge in [0.05, 0.1) is 11.1 Å². The average Bonchev–Trinajstić information content (AvgIpc) is 2.26. The molecule has 5 heteroatoms. The Morgan fingerprint density at radius 2 is 1.79 bits per heavy atom. The van der Waals surface area contributed by atoms with Gasteiger partial charge in [0.25, 0.3) is 0 Å². The highest BCUT2D eigenvalue weighted by molar-refractivity contribution is 5.98. The highest BCUT2D eigenvalue weighted by atomic mass is 19.4. The molecule has 0 aliphatic rings. The lowest BCUT2D eigenvalue weighted by Gasteiger charge is -2.13. The SMILES string of the molecule is Cc1cc2ccc(C(=O)O)c(C)c2cc1C(F)(F)F. The molecule has 2 rings (SSSR count). The Hall–Kier alpha value is -2.04. The molecule has 2 aromatic carbocycles. The molecule has 1 N–H and O–H groups in total. The minimum atomic E-state index is -4.44. The Kier molecular flexibility index (Phi) is 3.00. The monoisotopic (exact) mass is 268 g/mol. The van der Waals surface area contributed by atoms with Crippen LogP contribution in [0.3, 0.4) is 0 Å². The van der Waals surface area contributed by atoms with Gasteiger partial charge in [0, 0.05) is 0 Å². The van der Waals surface area contributed by atoms with Crippen LogP contribution in [0.5, 0.6) is 0 Å². The fraction of sp³-hybridized carbons (Fsp3) is 0.214. The number of carboxylic acids is 1. The zero-order chi connectivity index (χ0) is 14.4. The summed E-state index contributed by atoms with van der Waals surface area (Å²) in [7, 11) is 0. The number of carboxylic acid groups (broad SMARTS) is 1. The van der Waals surface area contributed by atoms with E-state index in [1.54, 1.807) is 0 Å². The topological polar surface area (TPSA) is 37.3 Å². The molecule has 2 nitrogen and oxygen atoms in total. The fourth-order valence-corrected chi connectivity index (χ4v) is 2.17. The summed E-state index contributed by atoms with van der Waals surface area (Å²) in [6, 6.07) is 5.38. The van der Waals surface area contributed by atoms with Crippen LogP contribution >= 0.6 is 0 Å². The normalized spacial score (nSPS) is 11.8. The summed E-state index contributed by atoms with van der Waals surface area (Å²) in [5.41, 5.74) is -0.243. The van der Waals surface area contributed by atoms with Gasteiger partial charge in [-0.2, -0.15) is 13.2 Å². The van der Waals surface area contributed by atoms with Gasteiger partial charge in [-0.1, -0.05) is 12.1 Å². The molecule has 0 aliphatic heterocycles. The first-order valence-electron chi connectivity index (χ1n) is 5.56. The van der Waals surface area contributed by atoms with E-state index in [9.17, 15) is 18.0 Å². The largest absolute Gasteiger partial charge is 0.478 e. The molecule has 0 aliphatic carbocycles. The van der Waals surface area contributed by atoms with Gasteiger partial charge >= 0.3 is 12.1 Å². The highest BCUT2D eigenvalue weighted by Crippen LogP contribution is 2.35. The zero-order valence-corrected chi connectivity index (χ0v) is 10.3. The van der Waals surface area contributed by atoms with Crippen LogP contribution in [0.25, 0.3) is 10.8 Å². The maximum atomic E-state index is 12.9. The Bertz CT molecular complexity index is 672. The highest BCUT2D eigenvalue weighted by Gasteiger charge is 2.32. The molecule has 0 fully saturated rings. The van der Waals surface area contributed by atoms with Crippen LogP contribution in [0.15, 0.2) is 24.3 Å². The van der Waals surface area contributed by atoms with Crippen molar-refractivity contribution in [2.24, 2.45) is 0 Å². The molecule has 19 heavy (non-hydrogen) atoms. The van der Waals surface area contributed by atoms with Crippen LogP contribution in [0.2, 0.25) is 0 Å². The predicted octanol–water partition coefficient (Wildman–Crippen LogP) is 4.17. The second-order valence-electron chi connectivity index (χ2n) is 4.43. The lowest BCUT2D eigenvalue weighted by molar-refractivity contribution is -0.137. The predicted molar refractivity (Wildman–Crippen MR) is 65.4 cm³/mol. The van der Waals surface area contributed by atoms with Gasteiger partial charge in [-0.3, -0.25) is 0 Å². The van der Waals surface area contributed by atoms with Crippen LogP contribution in [0, 0.1) is 13.8 Å². The number of fused-ring (bicyclic) bond motifs is 1. The van der Waals surface area contributed by atoms with Crippen LogP contribution in [0.1, 0.15) is 27.0 Å². The first-order valence-corrected chi connectivity index (χ1v) is 5.56. The molecule has 0 heterocycles. The van der Waals surface area contributed by atoms with Crippen LogP contribution < -0.4 is 0 Å². The first-order chi connectivity index (χ1) is 8.71. The molecule has 0 aromatic heterocycles. The summed E-state index contributed by atoms with van der Waals surface area (Å²) < 4.78 is 38.6. The Morgan fingerprint density at radius 3 is 2.32 bits per heavy atom. The van der Waals surface area contributed by atoms with Crippen molar-refractivity contribution in [2.75, 3.05) is 0 Å². The van der Waals surface area contributed by atoms with E-state index in [0.717, 1.165) is 6.07 Å². The van der Waals surface area contributed by atoms with Gasteiger partial charge in [0.2, 0.25) is 0 Å². The number of aryl methyl sites for hydroxylation is 2. The van der Waals surface area contributed by atoms with E-state index in [4.69, 9.17) is 5.11 Å². The van der Waals surface area contributed by atoms with Crippen LogP contribution in [0.4, 0.5) is 13.2 Å². The van der Waals surface area contributed by atoms with Crippen LogP contribution in [-0.2, 0) is 6.18 Å². The number of aromatic carboxylic acids is 1. The van der Waals surface area contributed by atoms with E-state index in [0.29, 0.717) is 16.3 Å². The van der Waals surface area contributed by atoms with Gasteiger partial charge in [-0.15, -0.1) is 0 Å². The van der Waals surface area contributed by atoms with Crippen molar-refractivity contribution in [3.8, 4) is 0 Å². The van der Waals surface area contributed by atoms with E-state index in [-0.39, 0.29) is 11.1 Å². The molecule has 100 valence electrons. The molecular weight excluding hydrogens is 257 g/mol. The molecule has 0 saturated heterocycles. The molecule has 0 saturated carbocycles.